The summed E-state index contributed by atoms with van der Waals surface area (Å²) in [5, 5.41) is 13.2. The third kappa shape index (κ3) is 5.50. The maximum absolute atomic E-state index is 9.08. The summed E-state index contributed by atoms with van der Waals surface area (Å²) in [4.78, 5) is 4.03. The third-order valence-corrected chi connectivity index (χ3v) is 3.30. The average Bonchev–Trinajstić information content (AvgIpc) is 2.98. The Hall–Kier alpha value is -3.07. The topological polar surface area (TPSA) is 83.4 Å². The monoisotopic (exact) mass is 338 g/mol. The number of oxazole rings is 1. The molecule has 1 aromatic heterocycles. The first-order chi connectivity index (χ1) is 12.0. The Labute approximate surface area is 147 Å². The smallest absolute Gasteiger partial charge is 0.252 e. The van der Waals surface area contributed by atoms with Crippen molar-refractivity contribution in [1.29, 1.82) is 5.26 Å². The van der Waals surface area contributed by atoms with Crippen LogP contribution in [0, 0.1) is 17.2 Å². The van der Waals surface area contributed by atoms with Crippen LogP contribution >= 0.6 is 0 Å². The van der Waals surface area contributed by atoms with E-state index in [9.17, 15) is 0 Å². The van der Waals surface area contributed by atoms with Crippen molar-refractivity contribution < 1.29 is 9.15 Å². The lowest BCUT2D eigenvalue weighted by Gasteiger charge is -2.08. The largest absolute Gasteiger partial charge is 0.494 e. The van der Waals surface area contributed by atoms with Crippen LogP contribution in [0.15, 0.2) is 40.4 Å². The minimum atomic E-state index is 0.140. The second-order valence-electron chi connectivity index (χ2n) is 6.06. The van der Waals surface area contributed by atoms with E-state index in [4.69, 9.17) is 14.4 Å². The van der Waals surface area contributed by atoms with Crippen LogP contribution < -0.4 is 10.2 Å². The highest BCUT2D eigenvalue weighted by Gasteiger charge is 2.12. The third-order valence-electron chi connectivity index (χ3n) is 3.30. The van der Waals surface area contributed by atoms with Crippen LogP contribution in [0.25, 0.3) is 5.57 Å². The Bertz CT molecular complexity index is 800. The highest BCUT2D eigenvalue weighted by Crippen LogP contribution is 2.21. The SMILES string of the molecule is C=C(C)c1nc(C#N)c(NN=Cc2cccc(OCCC(C)C)c2)o1. The molecule has 0 unspecified atom stereocenters. The summed E-state index contributed by atoms with van der Waals surface area (Å²) in [7, 11) is 0. The summed E-state index contributed by atoms with van der Waals surface area (Å²) in [6, 6.07) is 9.58. The number of nitrogens with one attached hydrogen (secondary N) is 1. The fourth-order valence-electron chi connectivity index (χ4n) is 1.92. The Morgan fingerprint density at radius 1 is 1.52 bits per heavy atom. The predicted molar refractivity (Wildman–Crippen MR) is 98.5 cm³/mol. The highest BCUT2D eigenvalue weighted by molar-refractivity contribution is 5.80. The minimum absolute atomic E-state index is 0.140. The molecule has 0 saturated carbocycles. The van der Waals surface area contributed by atoms with Gasteiger partial charge in [0.15, 0.2) is 0 Å². The van der Waals surface area contributed by atoms with E-state index in [0.717, 1.165) is 17.7 Å². The van der Waals surface area contributed by atoms with Crippen molar-refractivity contribution in [2.45, 2.75) is 27.2 Å². The van der Waals surface area contributed by atoms with Gasteiger partial charge in [-0.15, -0.1) is 0 Å². The molecule has 0 spiro atoms. The van der Waals surface area contributed by atoms with Crippen molar-refractivity contribution >= 4 is 17.7 Å². The van der Waals surface area contributed by atoms with Crippen LogP contribution in [0.4, 0.5) is 5.88 Å². The molecule has 1 aromatic carbocycles. The van der Waals surface area contributed by atoms with Crippen LogP contribution in [0.1, 0.15) is 44.3 Å². The fraction of sp³-hybridized carbons (Fsp3) is 0.316. The maximum Gasteiger partial charge on any atom is 0.252 e. The summed E-state index contributed by atoms with van der Waals surface area (Å²) < 4.78 is 11.1. The number of nitriles is 1. The van der Waals surface area contributed by atoms with E-state index in [1.165, 1.54) is 0 Å². The van der Waals surface area contributed by atoms with Crippen molar-refractivity contribution in [2.75, 3.05) is 12.0 Å². The zero-order valence-electron chi connectivity index (χ0n) is 14.7. The molecule has 1 N–H and O–H groups in total. The molecular formula is C19H22N4O2. The number of allylic oxidation sites excluding steroid dienone is 1. The lowest BCUT2D eigenvalue weighted by molar-refractivity contribution is 0.289. The molecule has 0 amide bonds. The molecule has 0 saturated heterocycles. The van der Waals surface area contributed by atoms with Gasteiger partial charge >= 0.3 is 0 Å². The van der Waals surface area contributed by atoms with Gasteiger partial charge < -0.3 is 9.15 Å². The second kappa shape index (κ2) is 8.69. The molecular weight excluding hydrogens is 316 g/mol. The van der Waals surface area contributed by atoms with E-state index in [2.05, 4.69) is 35.9 Å². The van der Waals surface area contributed by atoms with Gasteiger partial charge in [-0.05, 0) is 37.0 Å². The summed E-state index contributed by atoms with van der Waals surface area (Å²) in [5.74, 6) is 1.91. The molecule has 6 heteroatoms. The summed E-state index contributed by atoms with van der Waals surface area (Å²) in [6.07, 6.45) is 2.63. The van der Waals surface area contributed by atoms with E-state index < -0.39 is 0 Å². The van der Waals surface area contributed by atoms with Crippen LogP contribution in [-0.2, 0) is 0 Å². The molecule has 0 fully saturated rings. The van der Waals surface area contributed by atoms with E-state index in [-0.39, 0.29) is 11.6 Å². The summed E-state index contributed by atoms with van der Waals surface area (Å²) in [6.45, 7) is 10.5. The molecule has 6 nitrogen and oxygen atoms in total. The molecule has 130 valence electrons. The Morgan fingerprint density at radius 2 is 2.32 bits per heavy atom. The number of anilines is 1. The van der Waals surface area contributed by atoms with Gasteiger partial charge in [0.25, 0.3) is 5.88 Å². The van der Waals surface area contributed by atoms with Gasteiger partial charge in [0.2, 0.25) is 11.6 Å². The number of nitrogens with zero attached hydrogens (tertiary/aromatic N) is 3. The summed E-state index contributed by atoms with van der Waals surface area (Å²) >= 11 is 0. The number of hydrogen-bond donors (Lipinski definition) is 1. The Balaban J connectivity index is 2.00. The van der Waals surface area contributed by atoms with Gasteiger partial charge in [-0.2, -0.15) is 15.3 Å². The van der Waals surface area contributed by atoms with Crippen molar-refractivity contribution in [3.63, 3.8) is 0 Å². The van der Waals surface area contributed by atoms with Gasteiger partial charge in [-0.25, -0.2) is 5.43 Å². The van der Waals surface area contributed by atoms with Crippen molar-refractivity contribution in [1.82, 2.24) is 4.98 Å². The molecule has 1 heterocycles. The first-order valence-corrected chi connectivity index (χ1v) is 8.08. The number of benzene rings is 1. The predicted octanol–water partition coefficient (Wildman–Crippen LogP) is 4.45. The zero-order valence-corrected chi connectivity index (χ0v) is 14.7. The first-order valence-electron chi connectivity index (χ1n) is 8.08. The maximum atomic E-state index is 9.08. The van der Waals surface area contributed by atoms with E-state index in [1.54, 1.807) is 13.1 Å². The number of aromatic nitrogens is 1. The fourth-order valence-corrected chi connectivity index (χ4v) is 1.92. The van der Waals surface area contributed by atoms with E-state index >= 15 is 0 Å². The number of hydrogen-bond acceptors (Lipinski definition) is 6. The first kappa shape index (κ1) is 18.3. The lowest BCUT2D eigenvalue weighted by Crippen LogP contribution is -2.01. The van der Waals surface area contributed by atoms with Gasteiger partial charge in [0.1, 0.15) is 11.8 Å². The molecule has 2 rings (SSSR count). The number of hydrazone groups is 1. The average molecular weight is 338 g/mol. The van der Waals surface area contributed by atoms with Crippen LogP contribution in [-0.4, -0.2) is 17.8 Å². The van der Waals surface area contributed by atoms with Crippen LogP contribution in [0.2, 0.25) is 0 Å². The molecule has 25 heavy (non-hydrogen) atoms. The van der Waals surface area contributed by atoms with Crippen molar-refractivity contribution in [2.24, 2.45) is 11.0 Å². The van der Waals surface area contributed by atoms with Crippen molar-refractivity contribution in [3.05, 3.63) is 48.0 Å². The van der Waals surface area contributed by atoms with Gasteiger partial charge in [-0.1, -0.05) is 32.6 Å². The summed E-state index contributed by atoms with van der Waals surface area (Å²) in [5.41, 5.74) is 4.35. The van der Waals surface area contributed by atoms with Crippen molar-refractivity contribution in [3.8, 4) is 11.8 Å². The molecule has 0 radical (unpaired) electrons. The van der Waals surface area contributed by atoms with Gasteiger partial charge in [0.05, 0.1) is 12.8 Å². The number of rotatable bonds is 8. The van der Waals surface area contributed by atoms with Gasteiger partial charge in [0, 0.05) is 5.57 Å². The lowest BCUT2D eigenvalue weighted by atomic mass is 10.1. The minimum Gasteiger partial charge on any atom is -0.494 e. The van der Waals surface area contributed by atoms with E-state index in [0.29, 0.717) is 24.0 Å². The molecule has 0 aliphatic heterocycles. The number of ether oxygens (including phenoxy) is 1. The van der Waals surface area contributed by atoms with Gasteiger partial charge in [-0.3, -0.25) is 0 Å². The standard InChI is InChI=1S/C19H22N4O2/c1-13(2)8-9-24-16-7-5-6-15(10-16)12-21-23-19-17(11-20)22-18(25-19)14(3)4/h5-7,10,12-13,23H,3,8-9H2,1-2,4H3. The molecule has 0 bridgehead atoms. The quantitative estimate of drug-likeness (QED) is 0.568. The molecule has 0 atom stereocenters. The van der Waals surface area contributed by atoms with E-state index in [1.807, 2.05) is 30.3 Å². The van der Waals surface area contributed by atoms with Crippen LogP contribution in [0.3, 0.4) is 0 Å². The molecule has 2 aromatic rings. The normalized spacial score (nSPS) is 10.8. The second-order valence-corrected chi connectivity index (χ2v) is 6.06. The zero-order chi connectivity index (χ0) is 18.2. The molecule has 0 aliphatic rings. The Kier molecular flexibility index (Phi) is 6.35. The molecule has 0 aliphatic carbocycles. The highest BCUT2D eigenvalue weighted by atomic mass is 16.5. The van der Waals surface area contributed by atoms with Crippen LogP contribution in [0.5, 0.6) is 5.75 Å². The Morgan fingerprint density at radius 3 is 3.00 bits per heavy atom.